The Labute approximate surface area is 180 Å². The zero-order valence-corrected chi connectivity index (χ0v) is 17.9. The highest BCUT2D eigenvalue weighted by molar-refractivity contribution is 7.22. The van der Waals surface area contributed by atoms with Gasteiger partial charge in [-0.05, 0) is 29.8 Å². The summed E-state index contributed by atoms with van der Waals surface area (Å²) in [6.07, 6.45) is 3.08. The fraction of sp³-hybridized carbons (Fsp3) is 0.238. The van der Waals surface area contributed by atoms with Crippen molar-refractivity contribution >= 4 is 50.0 Å². The molecule has 0 aliphatic carbocycles. The number of carbonyl (C=O) groups excluding carboxylic acids is 2. The summed E-state index contributed by atoms with van der Waals surface area (Å²) in [5.41, 5.74) is 0.188. The Kier molecular flexibility index (Phi) is 4.86. The summed E-state index contributed by atoms with van der Waals surface area (Å²) in [6, 6.07) is 5.08. The average molecular weight is 446 g/mol. The number of aliphatic hydroxyl groups excluding tert-OH is 1. The van der Waals surface area contributed by atoms with Gasteiger partial charge in [-0.15, -0.1) is 0 Å². The van der Waals surface area contributed by atoms with Gasteiger partial charge in [-0.25, -0.2) is 9.37 Å². The number of ketones is 1. The molecule has 30 heavy (non-hydrogen) atoms. The Morgan fingerprint density at radius 3 is 2.57 bits per heavy atom. The van der Waals surface area contributed by atoms with Crippen LogP contribution in [0.3, 0.4) is 0 Å². The Balaban J connectivity index is 1.91. The third kappa shape index (κ3) is 3.26. The van der Waals surface area contributed by atoms with E-state index in [0.29, 0.717) is 15.8 Å². The van der Waals surface area contributed by atoms with Crippen LogP contribution in [0.15, 0.2) is 48.0 Å². The van der Waals surface area contributed by atoms with Crippen molar-refractivity contribution in [2.24, 2.45) is 5.41 Å². The molecule has 154 valence electrons. The summed E-state index contributed by atoms with van der Waals surface area (Å²) in [6.45, 7) is 5.15. The number of anilines is 1. The van der Waals surface area contributed by atoms with E-state index in [-0.39, 0.29) is 21.5 Å². The molecule has 9 heteroatoms. The lowest BCUT2D eigenvalue weighted by Gasteiger charge is -2.27. The number of nitrogens with zero attached hydrogens (tertiary/aromatic N) is 3. The first-order valence-corrected chi connectivity index (χ1v) is 10.3. The lowest BCUT2D eigenvalue weighted by Crippen LogP contribution is -2.32. The molecule has 2 aromatic heterocycles. The fourth-order valence-electron chi connectivity index (χ4n) is 3.31. The molecule has 0 saturated heterocycles. The summed E-state index contributed by atoms with van der Waals surface area (Å²) in [5, 5.41) is 10.8. The van der Waals surface area contributed by atoms with Crippen molar-refractivity contribution in [3.05, 3.63) is 64.4 Å². The molecule has 0 bridgehead atoms. The number of thiazole rings is 1. The fourth-order valence-corrected chi connectivity index (χ4v) is 4.47. The molecule has 1 N–H and O–H groups in total. The highest BCUT2D eigenvalue weighted by Gasteiger charge is 2.47. The van der Waals surface area contributed by atoms with Crippen LogP contribution in [0.2, 0.25) is 5.02 Å². The van der Waals surface area contributed by atoms with Crippen molar-refractivity contribution in [1.82, 2.24) is 9.97 Å². The largest absolute Gasteiger partial charge is 0.503 e. The van der Waals surface area contributed by atoms with Crippen LogP contribution < -0.4 is 4.90 Å². The lowest BCUT2D eigenvalue weighted by molar-refractivity contribution is -0.123. The van der Waals surface area contributed by atoms with Crippen molar-refractivity contribution in [3.63, 3.8) is 0 Å². The molecule has 4 rings (SSSR count). The highest BCUT2D eigenvalue weighted by atomic mass is 35.5. The summed E-state index contributed by atoms with van der Waals surface area (Å²) < 4.78 is 14.4. The van der Waals surface area contributed by atoms with Crippen LogP contribution in [-0.2, 0) is 9.59 Å². The van der Waals surface area contributed by atoms with Crippen LogP contribution in [0.1, 0.15) is 32.4 Å². The van der Waals surface area contributed by atoms with E-state index in [9.17, 15) is 19.1 Å². The van der Waals surface area contributed by atoms with E-state index < -0.39 is 28.9 Å². The van der Waals surface area contributed by atoms with Gasteiger partial charge in [0.1, 0.15) is 5.82 Å². The molecule has 0 spiro atoms. The van der Waals surface area contributed by atoms with Crippen molar-refractivity contribution in [1.29, 1.82) is 0 Å². The second-order valence-corrected chi connectivity index (χ2v) is 9.35. The topological polar surface area (TPSA) is 83.4 Å². The molecule has 1 amide bonds. The van der Waals surface area contributed by atoms with Crippen LogP contribution in [0, 0.1) is 11.2 Å². The van der Waals surface area contributed by atoms with Crippen LogP contribution in [0.5, 0.6) is 0 Å². The standard InChI is InChI=1S/C21H17ClFN3O3S/c1-21(2,3)18(28)15-16(10-4-6-24-7-5-10)26(19(29)17(15)27)20-25-13-8-11(22)12(23)9-14(13)30-20/h4-9,16,27H,1-3H3. The van der Waals surface area contributed by atoms with E-state index in [1.54, 1.807) is 45.3 Å². The summed E-state index contributed by atoms with van der Waals surface area (Å²) in [7, 11) is 0. The number of aliphatic hydroxyl groups is 1. The van der Waals surface area contributed by atoms with Gasteiger partial charge in [0.25, 0.3) is 5.91 Å². The Bertz CT molecular complexity index is 1180. The normalized spacial score (nSPS) is 17.3. The van der Waals surface area contributed by atoms with Crippen LogP contribution >= 0.6 is 22.9 Å². The first kappa shape index (κ1) is 20.4. The minimum Gasteiger partial charge on any atom is -0.503 e. The maximum atomic E-state index is 13.9. The molecule has 1 aliphatic heterocycles. The Hall–Kier alpha value is -2.84. The smallest absolute Gasteiger partial charge is 0.296 e. The van der Waals surface area contributed by atoms with Crippen molar-refractivity contribution < 1.29 is 19.1 Å². The minimum absolute atomic E-state index is 0.00201. The number of carbonyl (C=O) groups is 2. The minimum atomic E-state index is -0.881. The van der Waals surface area contributed by atoms with Gasteiger partial charge in [0.05, 0.1) is 26.9 Å². The molecule has 1 unspecified atom stereocenters. The van der Waals surface area contributed by atoms with Gasteiger partial charge in [-0.2, -0.15) is 0 Å². The van der Waals surface area contributed by atoms with Gasteiger partial charge >= 0.3 is 0 Å². The number of benzene rings is 1. The van der Waals surface area contributed by atoms with E-state index in [2.05, 4.69) is 9.97 Å². The Morgan fingerprint density at radius 2 is 1.93 bits per heavy atom. The number of aromatic nitrogens is 2. The molecule has 3 heterocycles. The summed E-state index contributed by atoms with van der Waals surface area (Å²) in [5.74, 6) is -2.30. The van der Waals surface area contributed by atoms with E-state index in [0.717, 1.165) is 11.3 Å². The molecular formula is C21H17ClFN3O3S. The van der Waals surface area contributed by atoms with Crippen LogP contribution in [0.25, 0.3) is 10.2 Å². The van der Waals surface area contributed by atoms with Gasteiger partial charge in [-0.1, -0.05) is 43.7 Å². The number of hydrogen-bond donors (Lipinski definition) is 1. The highest BCUT2D eigenvalue weighted by Crippen LogP contribution is 2.45. The van der Waals surface area contributed by atoms with Crippen molar-refractivity contribution in [2.75, 3.05) is 4.90 Å². The first-order valence-electron chi connectivity index (χ1n) is 9.06. The predicted octanol–water partition coefficient (Wildman–Crippen LogP) is 5.00. The van der Waals surface area contributed by atoms with E-state index >= 15 is 0 Å². The van der Waals surface area contributed by atoms with Gasteiger partial charge in [0.15, 0.2) is 16.7 Å². The maximum Gasteiger partial charge on any atom is 0.296 e. The second kappa shape index (κ2) is 7.14. The van der Waals surface area contributed by atoms with Gasteiger partial charge in [0, 0.05) is 17.8 Å². The summed E-state index contributed by atoms with van der Waals surface area (Å²) >= 11 is 6.93. The van der Waals surface area contributed by atoms with E-state index in [4.69, 9.17) is 11.6 Å². The lowest BCUT2D eigenvalue weighted by atomic mass is 9.82. The molecule has 1 aromatic carbocycles. The van der Waals surface area contributed by atoms with Crippen LogP contribution in [-0.4, -0.2) is 26.8 Å². The molecule has 0 fully saturated rings. The molecule has 0 radical (unpaired) electrons. The zero-order chi connectivity index (χ0) is 21.8. The molecule has 0 saturated carbocycles. The van der Waals surface area contributed by atoms with E-state index in [1.807, 2.05) is 0 Å². The number of pyridine rings is 1. The van der Waals surface area contributed by atoms with Crippen LogP contribution in [0.4, 0.5) is 9.52 Å². The van der Waals surface area contributed by atoms with E-state index in [1.165, 1.54) is 17.0 Å². The molecule has 3 aromatic rings. The summed E-state index contributed by atoms with van der Waals surface area (Å²) in [4.78, 5) is 35.9. The molecule has 1 aliphatic rings. The number of fused-ring (bicyclic) bond motifs is 1. The monoisotopic (exact) mass is 445 g/mol. The average Bonchev–Trinajstić information content (AvgIpc) is 3.20. The first-order chi connectivity index (χ1) is 14.1. The third-order valence-electron chi connectivity index (χ3n) is 4.78. The number of halogens is 2. The zero-order valence-electron chi connectivity index (χ0n) is 16.3. The second-order valence-electron chi connectivity index (χ2n) is 7.93. The quantitative estimate of drug-likeness (QED) is 0.613. The molecular weight excluding hydrogens is 429 g/mol. The van der Waals surface area contributed by atoms with Gasteiger partial charge < -0.3 is 5.11 Å². The van der Waals surface area contributed by atoms with Gasteiger partial charge in [0.2, 0.25) is 0 Å². The maximum absolute atomic E-state index is 13.9. The number of Topliss-reactive ketones (excluding diaryl/α,β-unsaturated/α-hetero) is 1. The Morgan fingerprint density at radius 1 is 1.27 bits per heavy atom. The molecule has 6 nitrogen and oxygen atoms in total. The third-order valence-corrected chi connectivity index (χ3v) is 6.09. The van der Waals surface area contributed by atoms with Crippen molar-refractivity contribution in [2.45, 2.75) is 26.8 Å². The van der Waals surface area contributed by atoms with Crippen molar-refractivity contribution in [3.8, 4) is 0 Å². The SMILES string of the molecule is CC(C)(C)C(=O)C1=C(O)C(=O)N(c2nc3cc(Cl)c(F)cc3s2)C1c1ccncc1. The molecule has 1 atom stereocenters. The number of hydrogen-bond acceptors (Lipinski definition) is 6. The number of rotatable bonds is 3. The number of amides is 1. The van der Waals surface area contributed by atoms with Gasteiger partial charge in [-0.3, -0.25) is 19.5 Å². The predicted molar refractivity (Wildman–Crippen MR) is 113 cm³/mol.